The minimum absolute atomic E-state index is 0.0721. The third-order valence-corrected chi connectivity index (χ3v) is 4.60. The zero-order chi connectivity index (χ0) is 19.9. The van der Waals surface area contributed by atoms with E-state index in [9.17, 15) is 14.0 Å². The second kappa shape index (κ2) is 9.45. The zero-order valence-corrected chi connectivity index (χ0v) is 16.0. The van der Waals surface area contributed by atoms with Crippen molar-refractivity contribution in [2.24, 2.45) is 0 Å². The van der Waals surface area contributed by atoms with Crippen LogP contribution >= 0.6 is 11.6 Å². The molecule has 2 aromatic rings. The molecule has 2 heterocycles. The maximum atomic E-state index is 13.1. The van der Waals surface area contributed by atoms with Crippen molar-refractivity contribution in [2.45, 2.75) is 19.3 Å². The van der Waals surface area contributed by atoms with Crippen molar-refractivity contribution in [3.8, 4) is 0 Å². The van der Waals surface area contributed by atoms with Gasteiger partial charge in [-0.3, -0.25) is 9.59 Å². The van der Waals surface area contributed by atoms with Gasteiger partial charge in [0.25, 0.3) is 5.91 Å². The summed E-state index contributed by atoms with van der Waals surface area (Å²) in [6.45, 7) is 2.18. The molecule has 1 aromatic carbocycles. The second-order valence-electron chi connectivity index (χ2n) is 6.47. The molecule has 0 bridgehead atoms. The van der Waals surface area contributed by atoms with Crippen LogP contribution in [0, 0.1) is 5.82 Å². The van der Waals surface area contributed by atoms with E-state index in [2.05, 4.69) is 20.6 Å². The van der Waals surface area contributed by atoms with Crippen LogP contribution in [0.3, 0.4) is 0 Å². The van der Waals surface area contributed by atoms with E-state index in [4.69, 9.17) is 11.6 Å². The van der Waals surface area contributed by atoms with Gasteiger partial charge in [0.15, 0.2) is 5.69 Å². The van der Waals surface area contributed by atoms with Gasteiger partial charge >= 0.3 is 0 Å². The summed E-state index contributed by atoms with van der Waals surface area (Å²) in [6, 6.07) is 5.88. The SMILES string of the molecule is O=C(Cc1cccc(F)c1)NCCNC(=O)c1nc(N2CCCC2)ncc1Cl. The molecule has 28 heavy (non-hydrogen) atoms. The Morgan fingerprint density at radius 1 is 1.18 bits per heavy atom. The van der Waals surface area contributed by atoms with Gasteiger partial charge in [-0.15, -0.1) is 0 Å². The number of nitrogens with one attached hydrogen (secondary N) is 2. The Kier molecular flexibility index (Phi) is 6.76. The topological polar surface area (TPSA) is 87.2 Å². The zero-order valence-electron chi connectivity index (χ0n) is 15.3. The highest BCUT2D eigenvalue weighted by Crippen LogP contribution is 2.19. The summed E-state index contributed by atoms with van der Waals surface area (Å²) >= 11 is 6.06. The summed E-state index contributed by atoms with van der Waals surface area (Å²) in [6.07, 6.45) is 3.65. The monoisotopic (exact) mass is 405 g/mol. The predicted molar refractivity (Wildman–Crippen MR) is 104 cm³/mol. The lowest BCUT2D eigenvalue weighted by atomic mass is 10.1. The second-order valence-corrected chi connectivity index (χ2v) is 6.88. The van der Waals surface area contributed by atoms with Gasteiger partial charge in [0.05, 0.1) is 17.6 Å². The molecule has 9 heteroatoms. The number of carbonyl (C=O) groups excluding carboxylic acids is 2. The maximum Gasteiger partial charge on any atom is 0.271 e. The summed E-state index contributed by atoms with van der Waals surface area (Å²) in [4.78, 5) is 34.7. The van der Waals surface area contributed by atoms with Crippen LogP contribution in [-0.2, 0) is 11.2 Å². The van der Waals surface area contributed by atoms with Gasteiger partial charge < -0.3 is 15.5 Å². The number of halogens is 2. The third-order valence-electron chi connectivity index (χ3n) is 4.32. The first-order valence-corrected chi connectivity index (χ1v) is 9.47. The molecule has 0 unspecified atom stereocenters. The van der Waals surface area contributed by atoms with Crippen molar-refractivity contribution in [3.63, 3.8) is 0 Å². The van der Waals surface area contributed by atoms with Crippen molar-refractivity contribution < 1.29 is 14.0 Å². The first-order valence-electron chi connectivity index (χ1n) is 9.10. The molecule has 2 N–H and O–H groups in total. The average Bonchev–Trinajstić information content (AvgIpc) is 3.20. The molecular formula is C19H21ClFN5O2. The summed E-state index contributed by atoms with van der Waals surface area (Å²) in [7, 11) is 0. The Labute approximate surface area is 167 Å². The number of carbonyl (C=O) groups is 2. The first-order chi connectivity index (χ1) is 13.5. The summed E-state index contributed by atoms with van der Waals surface area (Å²) in [5.41, 5.74) is 0.702. The van der Waals surface area contributed by atoms with E-state index >= 15 is 0 Å². The van der Waals surface area contributed by atoms with Crippen LogP contribution < -0.4 is 15.5 Å². The van der Waals surface area contributed by atoms with Crippen LogP contribution in [0.4, 0.5) is 10.3 Å². The number of hydrogen-bond donors (Lipinski definition) is 2. The number of amides is 2. The molecule has 0 atom stereocenters. The minimum atomic E-state index is -0.424. The molecular weight excluding hydrogens is 385 g/mol. The third kappa shape index (κ3) is 5.39. The molecule has 148 valence electrons. The minimum Gasteiger partial charge on any atom is -0.354 e. The fourth-order valence-electron chi connectivity index (χ4n) is 2.94. The molecule has 1 aliphatic rings. The Hall–Kier alpha value is -2.74. The van der Waals surface area contributed by atoms with Crippen LogP contribution in [0.1, 0.15) is 28.9 Å². The Morgan fingerprint density at radius 3 is 2.68 bits per heavy atom. The molecule has 2 amide bonds. The van der Waals surface area contributed by atoms with E-state index in [1.165, 1.54) is 18.3 Å². The largest absolute Gasteiger partial charge is 0.354 e. The van der Waals surface area contributed by atoms with E-state index in [0.29, 0.717) is 11.5 Å². The van der Waals surface area contributed by atoms with Crippen molar-refractivity contribution >= 4 is 29.4 Å². The van der Waals surface area contributed by atoms with Gasteiger partial charge in [0.1, 0.15) is 5.82 Å². The molecule has 1 aliphatic heterocycles. The Balaban J connectivity index is 1.46. The fraction of sp³-hybridized carbons (Fsp3) is 0.368. The van der Waals surface area contributed by atoms with E-state index in [-0.39, 0.29) is 42.0 Å². The lowest BCUT2D eigenvalue weighted by molar-refractivity contribution is -0.120. The number of rotatable bonds is 7. The smallest absolute Gasteiger partial charge is 0.271 e. The quantitative estimate of drug-likeness (QED) is 0.687. The highest BCUT2D eigenvalue weighted by molar-refractivity contribution is 6.33. The lowest BCUT2D eigenvalue weighted by Crippen LogP contribution is -2.36. The highest BCUT2D eigenvalue weighted by Gasteiger charge is 2.19. The molecule has 1 fully saturated rings. The number of nitrogens with zero attached hydrogens (tertiary/aromatic N) is 3. The van der Waals surface area contributed by atoms with E-state index < -0.39 is 5.91 Å². The molecule has 0 saturated carbocycles. The Morgan fingerprint density at radius 2 is 1.93 bits per heavy atom. The van der Waals surface area contributed by atoms with Crippen LogP contribution in [0.25, 0.3) is 0 Å². The maximum absolute atomic E-state index is 13.1. The van der Waals surface area contributed by atoms with Crippen molar-refractivity contribution in [1.82, 2.24) is 20.6 Å². The van der Waals surface area contributed by atoms with E-state index in [1.54, 1.807) is 12.1 Å². The highest BCUT2D eigenvalue weighted by atomic mass is 35.5. The lowest BCUT2D eigenvalue weighted by Gasteiger charge is -2.16. The van der Waals surface area contributed by atoms with Gasteiger partial charge in [0.2, 0.25) is 11.9 Å². The van der Waals surface area contributed by atoms with E-state index in [0.717, 1.165) is 25.9 Å². The summed E-state index contributed by atoms with van der Waals surface area (Å²) < 4.78 is 13.1. The van der Waals surface area contributed by atoms with Gasteiger partial charge in [-0.25, -0.2) is 14.4 Å². The molecule has 3 rings (SSSR count). The molecule has 0 spiro atoms. The van der Waals surface area contributed by atoms with Crippen LogP contribution in [0.15, 0.2) is 30.5 Å². The van der Waals surface area contributed by atoms with Crippen LogP contribution in [-0.4, -0.2) is 48.0 Å². The number of aromatic nitrogens is 2. The summed E-state index contributed by atoms with van der Waals surface area (Å²) in [5, 5.41) is 5.53. The Bertz CT molecular complexity index is 858. The number of hydrogen-bond acceptors (Lipinski definition) is 5. The van der Waals surface area contributed by atoms with Crippen molar-refractivity contribution in [3.05, 3.63) is 52.6 Å². The molecule has 1 aromatic heterocycles. The van der Waals surface area contributed by atoms with Crippen LogP contribution in [0.5, 0.6) is 0 Å². The fourth-order valence-corrected chi connectivity index (χ4v) is 3.12. The standard InChI is InChI=1S/C19H21ClFN5O2/c20-15-12-24-19(26-8-1-2-9-26)25-17(15)18(28)23-7-6-22-16(27)11-13-4-3-5-14(21)10-13/h3-5,10,12H,1-2,6-9,11H2,(H,22,27)(H,23,28). The summed E-state index contributed by atoms with van der Waals surface area (Å²) in [5.74, 6) is -0.563. The molecule has 1 saturated heterocycles. The van der Waals surface area contributed by atoms with Crippen molar-refractivity contribution in [2.75, 3.05) is 31.1 Å². The average molecular weight is 406 g/mol. The normalized spacial score (nSPS) is 13.4. The molecule has 7 nitrogen and oxygen atoms in total. The first kappa shape index (κ1) is 20.0. The van der Waals surface area contributed by atoms with Gasteiger partial charge in [0, 0.05) is 26.2 Å². The molecule has 0 aliphatic carbocycles. The number of anilines is 1. The van der Waals surface area contributed by atoms with Gasteiger partial charge in [-0.2, -0.15) is 0 Å². The van der Waals surface area contributed by atoms with Gasteiger partial charge in [-0.05, 0) is 30.5 Å². The number of benzene rings is 1. The predicted octanol–water partition coefficient (Wildman–Crippen LogP) is 1.96. The van der Waals surface area contributed by atoms with Gasteiger partial charge in [-0.1, -0.05) is 23.7 Å². The van der Waals surface area contributed by atoms with Crippen LogP contribution in [0.2, 0.25) is 5.02 Å². The van der Waals surface area contributed by atoms with E-state index in [1.807, 2.05) is 4.90 Å². The molecule has 0 radical (unpaired) electrons. The van der Waals surface area contributed by atoms with Crippen molar-refractivity contribution in [1.29, 1.82) is 0 Å².